The van der Waals surface area contributed by atoms with E-state index in [4.69, 9.17) is 18.9 Å². The summed E-state index contributed by atoms with van der Waals surface area (Å²) in [4.78, 5) is 35.6. The van der Waals surface area contributed by atoms with Crippen molar-refractivity contribution in [1.82, 2.24) is 0 Å². The molecule has 0 spiro atoms. The van der Waals surface area contributed by atoms with E-state index < -0.39 is 47.8 Å². The molecule has 0 N–H and O–H groups in total. The van der Waals surface area contributed by atoms with Gasteiger partial charge in [0.1, 0.15) is 5.44 Å². The number of ether oxygens (including phenoxy) is 4. The first-order chi connectivity index (χ1) is 12.3. The summed E-state index contributed by atoms with van der Waals surface area (Å²) in [6.07, 6.45) is -3.34. The largest absolute Gasteiger partial charge is 0.456 e. The van der Waals surface area contributed by atoms with Gasteiger partial charge in [0.25, 0.3) is 0 Å². The lowest BCUT2D eigenvalue weighted by atomic mass is 10.00. The van der Waals surface area contributed by atoms with Crippen molar-refractivity contribution in [2.45, 2.75) is 62.4 Å². The van der Waals surface area contributed by atoms with Gasteiger partial charge in [-0.1, -0.05) is 30.0 Å². The van der Waals surface area contributed by atoms with Crippen LogP contribution < -0.4 is 0 Å². The Hall–Kier alpha value is -2.06. The van der Waals surface area contributed by atoms with Crippen LogP contribution in [0.1, 0.15) is 27.7 Å². The molecule has 0 saturated carbocycles. The van der Waals surface area contributed by atoms with Crippen LogP contribution in [0.25, 0.3) is 0 Å². The number of thioether (sulfide) groups is 1. The fourth-order valence-electron chi connectivity index (χ4n) is 2.70. The Morgan fingerprint density at radius 2 is 1.35 bits per heavy atom. The summed E-state index contributed by atoms with van der Waals surface area (Å²) in [6.45, 7) is 5.47. The highest BCUT2D eigenvalue weighted by atomic mass is 32.2. The van der Waals surface area contributed by atoms with E-state index in [1.165, 1.54) is 32.5 Å². The molecule has 0 amide bonds. The van der Waals surface area contributed by atoms with Gasteiger partial charge in [0.15, 0.2) is 18.3 Å². The second-order valence-corrected chi connectivity index (χ2v) is 7.03. The zero-order valence-electron chi connectivity index (χ0n) is 15.0. The molecular formula is C18H22O7S. The van der Waals surface area contributed by atoms with Crippen LogP contribution in [0, 0.1) is 0 Å². The number of rotatable bonds is 5. The summed E-state index contributed by atoms with van der Waals surface area (Å²) in [5.74, 6) is -1.66. The van der Waals surface area contributed by atoms with E-state index in [0.29, 0.717) is 0 Å². The summed E-state index contributed by atoms with van der Waals surface area (Å²) in [5.41, 5.74) is -0.632. The molecule has 1 aliphatic heterocycles. The van der Waals surface area contributed by atoms with Crippen LogP contribution in [-0.4, -0.2) is 47.8 Å². The molecule has 26 heavy (non-hydrogen) atoms. The Morgan fingerprint density at radius 3 is 1.88 bits per heavy atom. The molecule has 0 aliphatic carbocycles. The minimum absolute atomic E-state index is 0.543. The first-order valence-electron chi connectivity index (χ1n) is 8.16. The summed E-state index contributed by atoms with van der Waals surface area (Å²) < 4.78 is 22.0. The van der Waals surface area contributed by atoms with Crippen LogP contribution in [0.4, 0.5) is 0 Å². The Morgan fingerprint density at radius 1 is 0.846 bits per heavy atom. The van der Waals surface area contributed by atoms with E-state index in [1.54, 1.807) is 6.92 Å². The number of carbonyl (C=O) groups excluding carboxylic acids is 3. The summed E-state index contributed by atoms with van der Waals surface area (Å²) in [5, 5.41) is 0. The van der Waals surface area contributed by atoms with Crippen molar-refractivity contribution in [2.24, 2.45) is 0 Å². The number of carbonyl (C=O) groups is 3. The van der Waals surface area contributed by atoms with Gasteiger partial charge in [-0.25, -0.2) is 0 Å². The summed E-state index contributed by atoms with van der Waals surface area (Å²) >= 11 is 1.34. The molecule has 1 saturated heterocycles. The smallest absolute Gasteiger partial charge is 0.303 e. The van der Waals surface area contributed by atoms with Gasteiger partial charge in [0.2, 0.25) is 0 Å². The van der Waals surface area contributed by atoms with Gasteiger partial charge in [-0.3, -0.25) is 14.4 Å². The van der Waals surface area contributed by atoms with E-state index in [1.807, 2.05) is 30.3 Å². The highest BCUT2D eigenvalue weighted by Gasteiger charge is 2.50. The van der Waals surface area contributed by atoms with Gasteiger partial charge >= 0.3 is 17.9 Å². The standard InChI is InChI=1S/C18H22O7S/c1-10-15(23-11(2)19)16(24-12(3)20)17(25-13(4)21)18(22-10)26-14-8-6-5-7-9-14/h5-10,15-18H,1-4H3/t10-,15+,16+,17-,18+/m0/s1. The van der Waals surface area contributed by atoms with Crippen LogP contribution in [0.2, 0.25) is 0 Å². The molecule has 0 radical (unpaired) electrons. The van der Waals surface area contributed by atoms with E-state index in [-0.39, 0.29) is 0 Å². The average molecular weight is 382 g/mol. The molecule has 1 heterocycles. The number of hydrogen-bond acceptors (Lipinski definition) is 8. The maximum absolute atomic E-state index is 11.6. The lowest BCUT2D eigenvalue weighted by Crippen LogP contribution is -2.59. The maximum atomic E-state index is 11.6. The van der Waals surface area contributed by atoms with Gasteiger partial charge < -0.3 is 18.9 Å². The predicted molar refractivity (Wildman–Crippen MR) is 93.3 cm³/mol. The van der Waals surface area contributed by atoms with Gasteiger partial charge in [-0.05, 0) is 19.1 Å². The summed E-state index contributed by atoms with van der Waals surface area (Å²) in [7, 11) is 0. The van der Waals surface area contributed by atoms with Crippen molar-refractivity contribution in [3.8, 4) is 0 Å². The van der Waals surface area contributed by atoms with Crippen molar-refractivity contribution in [1.29, 1.82) is 0 Å². The fourth-order valence-corrected chi connectivity index (χ4v) is 3.86. The number of hydrogen-bond donors (Lipinski definition) is 0. The molecule has 0 bridgehead atoms. The third kappa shape index (κ3) is 5.47. The first-order valence-corrected chi connectivity index (χ1v) is 9.04. The third-order valence-corrected chi connectivity index (χ3v) is 4.78. The Balaban J connectivity index is 2.33. The normalized spacial score (nSPS) is 28.1. The Labute approximate surface area is 156 Å². The molecule has 0 aromatic heterocycles. The SMILES string of the molecule is CC(=O)O[C@@H]1[C@H](OC(C)=O)[C@H](C)O[C@H](Sc2ccccc2)[C@H]1OC(C)=O. The average Bonchev–Trinajstić information content (AvgIpc) is 2.54. The zero-order valence-corrected chi connectivity index (χ0v) is 15.9. The van der Waals surface area contributed by atoms with E-state index in [0.717, 1.165) is 4.90 Å². The molecule has 1 aromatic carbocycles. The predicted octanol–water partition coefficient (Wildman–Crippen LogP) is 2.32. The lowest BCUT2D eigenvalue weighted by molar-refractivity contribution is -0.229. The van der Waals surface area contributed by atoms with Gasteiger partial charge in [-0.15, -0.1) is 0 Å². The second-order valence-electron chi connectivity index (χ2n) is 5.86. The molecule has 1 fully saturated rings. The van der Waals surface area contributed by atoms with Crippen LogP contribution in [0.5, 0.6) is 0 Å². The maximum Gasteiger partial charge on any atom is 0.303 e. The van der Waals surface area contributed by atoms with Crippen molar-refractivity contribution in [3.05, 3.63) is 30.3 Å². The topological polar surface area (TPSA) is 88.1 Å². The molecule has 2 rings (SSSR count). The first kappa shape index (κ1) is 20.3. The van der Waals surface area contributed by atoms with Crippen LogP contribution in [-0.2, 0) is 33.3 Å². The quantitative estimate of drug-likeness (QED) is 0.566. The van der Waals surface area contributed by atoms with Crippen LogP contribution in [0.15, 0.2) is 35.2 Å². The molecule has 5 atom stereocenters. The van der Waals surface area contributed by atoms with E-state index in [9.17, 15) is 14.4 Å². The van der Waals surface area contributed by atoms with Crippen LogP contribution >= 0.6 is 11.8 Å². The van der Waals surface area contributed by atoms with Gasteiger partial charge in [-0.2, -0.15) is 0 Å². The molecule has 7 nitrogen and oxygen atoms in total. The molecular weight excluding hydrogens is 360 g/mol. The van der Waals surface area contributed by atoms with E-state index >= 15 is 0 Å². The minimum atomic E-state index is -0.967. The molecule has 8 heteroatoms. The zero-order chi connectivity index (χ0) is 19.3. The monoisotopic (exact) mass is 382 g/mol. The Bertz CT molecular complexity index is 648. The van der Waals surface area contributed by atoms with Gasteiger partial charge in [0, 0.05) is 25.7 Å². The highest BCUT2D eigenvalue weighted by molar-refractivity contribution is 7.99. The van der Waals surface area contributed by atoms with Crippen LogP contribution in [0.3, 0.4) is 0 Å². The van der Waals surface area contributed by atoms with Crippen molar-refractivity contribution in [2.75, 3.05) is 0 Å². The second kappa shape index (κ2) is 9.05. The fraction of sp³-hybridized carbons (Fsp3) is 0.500. The lowest BCUT2D eigenvalue weighted by Gasteiger charge is -2.43. The number of benzene rings is 1. The van der Waals surface area contributed by atoms with E-state index in [2.05, 4.69) is 0 Å². The summed E-state index contributed by atoms with van der Waals surface area (Å²) in [6, 6.07) is 9.42. The molecule has 1 aromatic rings. The molecule has 1 aliphatic rings. The third-order valence-electron chi connectivity index (χ3n) is 3.63. The number of esters is 3. The van der Waals surface area contributed by atoms with Gasteiger partial charge in [0.05, 0.1) is 6.10 Å². The van der Waals surface area contributed by atoms with Crippen molar-refractivity contribution in [3.63, 3.8) is 0 Å². The minimum Gasteiger partial charge on any atom is -0.456 e. The molecule has 142 valence electrons. The molecule has 0 unspecified atom stereocenters. The van der Waals surface area contributed by atoms with Crippen molar-refractivity contribution < 1.29 is 33.3 Å². The van der Waals surface area contributed by atoms with Crippen molar-refractivity contribution >= 4 is 29.7 Å². The highest BCUT2D eigenvalue weighted by Crippen LogP contribution is 2.37. The Kier molecular flexibility index (Phi) is 7.05.